The lowest BCUT2D eigenvalue weighted by molar-refractivity contribution is -0.152. The summed E-state index contributed by atoms with van der Waals surface area (Å²) in [4.78, 5) is 9.66. The van der Waals surface area contributed by atoms with Crippen LogP contribution in [-0.4, -0.2) is 18.1 Å². The third kappa shape index (κ3) is 2.43. The third-order valence-corrected chi connectivity index (χ3v) is 0.631. The van der Waals surface area contributed by atoms with Crippen LogP contribution in [0.2, 0.25) is 0 Å². The van der Waals surface area contributed by atoms with Crippen molar-refractivity contribution in [2.24, 2.45) is 0 Å². The van der Waals surface area contributed by atoms with Crippen molar-refractivity contribution in [1.82, 2.24) is 0 Å². The highest BCUT2D eigenvalue weighted by molar-refractivity contribution is 5.87. The highest BCUT2D eigenvalue weighted by atomic mass is 19.3. The molecule has 0 bridgehead atoms. The van der Waals surface area contributed by atoms with Crippen LogP contribution in [0.1, 0.15) is 6.92 Å². The molecular weight excluding hydrogens is 140 g/mol. The van der Waals surface area contributed by atoms with Crippen molar-refractivity contribution in [1.29, 1.82) is 0 Å². The Labute approximate surface area is 48.7 Å². The second-order valence-corrected chi connectivity index (χ2v) is 1.55. The van der Waals surface area contributed by atoms with Crippen LogP contribution in [0.5, 0.6) is 0 Å². The zero-order valence-corrected chi connectivity index (χ0v) is 4.50. The zero-order chi connectivity index (χ0) is 7.65. The van der Waals surface area contributed by atoms with E-state index in [1.165, 1.54) is 0 Å². The molecular formula is C4H4F4O. The average molecular weight is 144 g/mol. The van der Waals surface area contributed by atoms with E-state index < -0.39 is 18.1 Å². The highest BCUT2D eigenvalue weighted by Gasteiger charge is 2.38. The van der Waals surface area contributed by atoms with Gasteiger partial charge in [-0.2, -0.15) is 8.78 Å². The molecule has 0 rings (SSSR count). The molecule has 0 atom stereocenters. The Morgan fingerprint density at radius 1 is 1.44 bits per heavy atom. The average Bonchev–Trinajstić information content (AvgIpc) is 1.62. The Morgan fingerprint density at radius 3 is 1.78 bits per heavy atom. The Bertz CT molecular complexity index is 114. The van der Waals surface area contributed by atoms with E-state index in [1.54, 1.807) is 0 Å². The zero-order valence-electron chi connectivity index (χ0n) is 4.50. The molecule has 0 aliphatic heterocycles. The van der Waals surface area contributed by atoms with Crippen LogP contribution in [0.25, 0.3) is 0 Å². The maximum Gasteiger partial charge on any atom is 0.308 e. The number of Topliss-reactive ketones (excluding diaryl/α,β-unsaturated/α-hetero) is 1. The number of alkyl halides is 4. The van der Waals surface area contributed by atoms with Gasteiger partial charge in [-0.05, 0) is 0 Å². The molecule has 0 aliphatic rings. The largest absolute Gasteiger partial charge is 0.308 e. The summed E-state index contributed by atoms with van der Waals surface area (Å²) in [6, 6.07) is 0. The summed E-state index contributed by atoms with van der Waals surface area (Å²) >= 11 is 0. The van der Waals surface area contributed by atoms with Gasteiger partial charge < -0.3 is 0 Å². The number of rotatable bonds is 2. The molecule has 0 N–H and O–H groups in total. The van der Waals surface area contributed by atoms with Gasteiger partial charge in [0.25, 0.3) is 5.78 Å². The fraction of sp³-hybridized carbons (Fsp3) is 0.750. The Kier molecular flexibility index (Phi) is 2.17. The maximum absolute atomic E-state index is 11.5. The fourth-order valence-electron chi connectivity index (χ4n) is 0.192. The lowest BCUT2D eigenvalue weighted by Crippen LogP contribution is -2.30. The van der Waals surface area contributed by atoms with E-state index in [-0.39, 0.29) is 6.92 Å². The number of carbonyl (C=O) groups is 1. The van der Waals surface area contributed by atoms with Gasteiger partial charge in [-0.15, -0.1) is 0 Å². The second kappa shape index (κ2) is 2.33. The van der Waals surface area contributed by atoms with Crippen molar-refractivity contribution < 1.29 is 22.4 Å². The topological polar surface area (TPSA) is 17.1 Å². The second-order valence-electron chi connectivity index (χ2n) is 1.55. The van der Waals surface area contributed by atoms with E-state index in [0.717, 1.165) is 0 Å². The molecule has 0 aromatic rings. The van der Waals surface area contributed by atoms with Gasteiger partial charge in [0.1, 0.15) is 0 Å². The molecule has 0 aromatic carbocycles. The summed E-state index contributed by atoms with van der Waals surface area (Å²) in [5, 5.41) is 0. The first-order valence-electron chi connectivity index (χ1n) is 2.06. The molecule has 9 heavy (non-hydrogen) atoms. The molecule has 54 valence electrons. The minimum absolute atomic E-state index is 0.140. The van der Waals surface area contributed by atoms with Crippen molar-refractivity contribution >= 4 is 5.78 Å². The van der Waals surface area contributed by atoms with Crippen molar-refractivity contribution in [2.75, 3.05) is 0 Å². The molecule has 0 heterocycles. The van der Waals surface area contributed by atoms with Gasteiger partial charge in [-0.1, -0.05) is 0 Å². The molecule has 0 saturated heterocycles. The first-order chi connectivity index (χ1) is 3.85. The molecule has 5 heteroatoms. The summed E-state index contributed by atoms with van der Waals surface area (Å²) in [5.74, 6) is -6.24. The standard InChI is InChI=1S/C4H4F4O/c1-4(7,8)2(9)3(5)6/h3H,1H3. The van der Waals surface area contributed by atoms with Crippen LogP contribution in [0.3, 0.4) is 0 Å². The first-order valence-corrected chi connectivity index (χ1v) is 2.06. The predicted octanol–water partition coefficient (Wildman–Crippen LogP) is 1.48. The van der Waals surface area contributed by atoms with Gasteiger partial charge in [-0.25, -0.2) is 8.78 Å². The Hall–Kier alpha value is -0.610. The van der Waals surface area contributed by atoms with E-state index in [2.05, 4.69) is 0 Å². The minimum Gasteiger partial charge on any atom is -0.286 e. The lowest BCUT2D eigenvalue weighted by atomic mass is 10.2. The number of ketones is 1. The van der Waals surface area contributed by atoms with E-state index >= 15 is 0 Å². The normalized spacial score (nSPS) is 12.2. The van der Waals surface area contributed by atoms with Crippen LogP contribution in [0, 0.1) is 0 Å². The summed E-state index contributed by atoms with van der Waals surface area (Å²) in [6.45, 7) is 0.140. The fourth-order valence-corrected chi connectivity index (χ4v) is 0.192. The Morgan fingerprint density at radius 2 is 1.78 bits per heavy atom. The summed E-state index contributed by atoms with van der Waals surface area (Å²) in [7, 11) is 0. The van der Waals surface area contributed by atoms with E-state index in [4.69, 9.17) is 0 Å². The van der Waals surface area contributed by atoms with Gasteiger partial charge in [0.2, 0.25) is 0 Å². The quantitative estimate of drug-likeness (QED) is 0.536. The van der Waals surface area contributed by atoms with Crippen molar-refractivity contribution in [3.63, 3.8) is 0 Å². The molecule has 0 spiro atoms. The predicted molar refractivity (Wildman–Crippen MR) is 21.6 cm³/mol. The van der Waals surface area contributed by atoms with Gasteiger partial charge in [0, 0.05) is 6.92 Å². The molecule has 0 amide bonds. The van der Waals surface area contributed by atoms with E-state index in [9.17, 15) is 22.4 Å². The van der Waals surface area contributed by atoms with Gasteiger partial charge in [-0.3, -0.25) is 4.79 Å². The van der Waals surface area contributed by atoms with Crippen LogP contribution < -0.4 is 0 Å². The minimum atomic E-state index is -3.91. The van der Waals surface area contributed by atoms with Gasteiger partial charge in [0.05, 0.1) is 0 Å². The summed E-state index contributed by atoms with van der Waals surface area (Å²) in [6.07, 6.45) is -3.58. The number of hydrogen-bond acceptors (Lipinski definition) is 1. The third-order valence-electron chi connectivity index (χ3n) is 0.631. The van der Waals surface area contributed by atoms with Gasteiger partial charge in [0.15, 0.2) is 0 Å². The molecule has 0 aliphatic carbocycles. The molecule has 0 radical (unpaired) electrons. The van der Waals surface area contributed by atoms with Gasteiger partial charge >= 0.3 is 12.3 Å². The van der Waals surface area contributed by atoms with Crippen molar-refractivity contribution in [2.45, 2.75) is 19.3 Å². The summed E-state index contributed by atoms with van der Waals surface area (Å²) in [5.41, 5.74) is 0. The van der Waals surface area contributed by atoms with Crippen LogP contribution >= 0.6 is 0 Å². The molecule has 0 fully saturated rings. The van der Waals surface area contributed by atoms with Crippen molar-refractivity contribution in [3.8, 4) is 0 Å². The highest BCUT2D eigenvalue weighted by Crippen LogP contribution is 2.16. The molecule has 1 nitrogen and oxygen atoms in total. The lowest BCUT2D eigenvalue weighted by Gasteiger charge is -2.05. The first kappa shape index (κ1) is 8.39. The molecule has 0 saturated carbocycles. The SMILES string of the molecule is CC(F)(F)C(=O)C(F)F. The number of hydrogen-bond donors (Lipinski definition) is 0. The summed E-state index contributed by atoms with van der Waals surface area (Å²) < 4.78 is 45.3. The number of carbonyl (C=O) groups excluding carboxylic acids is 1. The maximum atomic E-state index is 11.5. The Balaban J connectivity index is 4.06. The van der Waals surface area contributed by atoms with Crippen LogP contribution in [0.4, 0.5) is 17.6 Å². The van der Waals surface area contributed by atoms with Crippen LogP contribution in [0.15, 0.2) is 0 Å². The monoisotopic (exact) mass is 144 g/mol. The van der Waals surface area contributed by atoms with E-state index in [0.29, 0.717) is 0 Å². The smallest absolute Gasteiger partial charge is 0.286 e. The van der Waals surface area contributed by atoms with E-state index in [1.807, 2.05) is 0 Å². The molecule has 0 unspecified atom stereocenters. The van der Waals surface area contributed by atoms with Crippen molar-refractivity contribution in [3.05, 3.63) is 0 Å². The van der Waals surface area contributed by atoms with Crippen LogP contribution in [-0.2, 0) is 4.79 Å². The molecule has 0 aromatic heterocycles. The number of halogens is 4.